The smallest absolute Gasteiger partial charge is 0.104 e. The lowest BCUT2D eigenvalue weighted by atomic mass is 10.2. The highest BCUT2D eigenvalue weighted by molar-refractivity contribution is 7.10. The van der Waals surface area contributed by atoms with Gasteiger partial charge in [-0.25, -0.2) is 0 Å². The molecule has 3 heteroatoms. The third-order valence-electron chi connectivity index (χ3n) is 1.92. The van der Waals surface area contributed by atoms with E-state index in [-0.39, 0.29) is 6.61 Å². The lowest BCUT2D eigenvalue weighted by Gasteiger charge is -2.01. The molecule has 1 N–H and O–H groups in total. The first kappa shape index (κ1) is 12.3. The minimum absolute atomic E-state index is 0.0913. The van der Waals surface area contributed by atoms with Crippen molar-refractivity contribution in [1.29, 1.82) is 0 Å². The van der Waals surface area contributed by atoms with Gasteiger partial charge in [-0.15, -0.1) is 11.3 Å². The summed E-state index contributed by atoms with van der Waals surface area (Å²) < 4.78 is 5.52. The van der Waals surface area contributed by atoms with Gasteiger partial charge in [0, 0.05) is 17.0 Å². The van der Waals surface area contributed by atoms with Crippen LogP contribution in [0, 0.1) is 11.8 Å². The summed E-state index contributed by atoms with van der Waals surface area (Å²) in [6.45, 7) is 3.49. The van der Waals surface area contributed by atoms with E-state index in [1.165, 1.54) is 0 Å². The molecule has 0 bridgehead atoms. The highest BCUT2D eigenvalue weighted by Crippen LogP contribution is 2.16. The van der Waals surface area contributed by atoms with Crippen molar-refractivity contribution in [3.63, 3.8) is 0 Å². The molecule has 15 heavy (non-hydrogen) atoms. The SMILES string of the molecule is CCCCOCc1sccc1C#CCO. The Kier molecular flexibility index (Phi) is 6.10. The van der Waals surface area contributed by atoms with Crippen molar-refractivity contribution in [2.45, 2.75) is 26.4 Å². The average molecular weight is 224 g/mol. The van der Waals surface area contributed by atoms with Crippen LogP contribution >= 0.6 is 11.3 Å². The summed E-state index contributed by atoms with van der Waals surface area (Å²) in [5.74, 6) is 5.56. The van der Waals surface area contributed by atoms with Crippen molar-refractivity contribution in [3.05, 3.63) is 21.9 Å². The number of rotatable bonds is 5. The van der Waals surface area contributed by atoms with Gasteiger partial charge in [-0.1, -0.05) is 25.2 Å². The highest BCUT2D eigenvalue weighted by atomic mass is 32.1. The molecule has 0 aliphatic rings. The number of unbranched alkanes of at least 4 members (excludes halogenated alkanes) is 1. The Morgan fingerprint density at radius 2 is 2.40 bits per heavy atom. The zero-order valence-corrected chi connectivity index (χ0v) is 9.77. The molecule has 0 unspecified atom stereocenters. The monoisotopic (exact) mass is 224 g/mol. The second kappa shape index (κ2) is 7.47. The third kappa shape index (κ3) is 4.48. The summed E-state index contributed by atoms with van der Waals surface area (Å²) >= 11 is 1.65. The zero-order chi connectivity index (χ0) is 10.9. The number of thiophene rings is 1. The number of hydrogen-bond acceptors (Lipinski definition) is 3. The molecule has 1 rings (SSSR count). The predicted molar refractivity (Wildman–Crippen MR) is 62.8 cm³/mol. The largest absolute Gasteiger partial charge is 0.384 e. The lowest BCUT2D eigenvalue weighted by Crippen LogP contribution is -1.94. The van der Waals surface area contributed by atoms with Crippen LogP contribution in [-0.4, -0.2) is 18.3 Å². The van der Waals surface area contributed by atoms with E-state index in [9.17, 15) is 0 Å². The Hall–Kier alpha value is -0.820. The van der Waals surface area contributed by atoms with Crippen LogP contribution in [0.25, 0.3) is 0 Å². The first-order chi connectivity index (χ1) is 7.38. The Bertz CT molecular complexity index is 333. The summed E-state index contributed by atoms with van der Waals surface area (Å²) in [6, 6.07) is 1.96. The maximum absolute atomic E-state index is 8.60. The van der Waals surface area contributed by atoms with Gasteiger partial charge in [-0.3, -0.25) is 0 Å². The molecule has 0 aromatic carbocycles. The summed E-state index contributed by atoms with van der Waals surface area (Å²) in [4.78, 5) is 1.15. The lowest BCUT2D eigenvalue weighted by molar-refractivity contribution is 0.120. The van der Waals surface area contributed by atoms with Crippen molar-refractivity contribution in [2.24, 2.45) is 0 Å². The number of ether oxygens (including phenoxy) is 1. The molecule has 0 saturated carbocycles. The van der Waals surface area contributed by atoms with E-state index in [1.807, 2.05) is 11.4 Å². The van der Waals surface area contributed by atoms with E-state index >= 15 is 0 Å². The molecule has 1 heterocycles. The molecule has 0 spiro atoms. The van der Waals surface area contributed by atoms with Gasteiger partial charge in [0.1, 0.15) is 6.61 Å². The van der Waals surface area contributed by atoms with Gasteiger partial charge >= 0.3 is 0 Å². The van der Waals surface area contributed by atoms with Crippen LogP contribution < -0.4 is 0 Å². The molecule has 2 nitrogen and oxygen atoms in total. The van der Waals surface area contributed by atoms with E-state index < -0.39 is 0 Å². The number of hydrogen-bond donors (Lipinski definition) is 1. The van der Waals surface area contributed by atoms with Crippen LogP contribution in [0.1, 0.15) is 30.2 Å². The topological polar surface area (TPSA) is 29.5 Å². The van der Waals surface area contributed by atoms with Crippen LogP contribution in [0.15, 0.2) is 11.4 Å². The summed E-state index contributed by atoms with van der Waals surface area (Å²) in [7, 11) is 0. The van der Waals surface area contributed by atoms with E-state index in [0.717, 1.165) is 29.9 Å². The molecule has 0 radical (unpaired) electrons. The zero-order valence-electron chi connectivity index (χ0n) is 8.95. The second-order valence-electron chi connectivity index (χ2n) is 3.12. The van der Waals surface area contributed by atoms with Crippen LogP contribution in [0.5, 0.6) is 0 Å². The number of aliphatic hydroxyl groups excluding tert-OH is 1. The quantitative estimate of drug-likeness (QED) is 0.615. The molecule has 0 amide bonds. The van der Waals surface area contributed by atoms with Gasteiger partial charge in [0.15, 0.2) is 0 Å². The van der Waals surface area contributed by atoms with Crippen LogP contribution in [0.2, 0.25) is 0 Å². The first-order valence-electron chi connectivity index (χ1n) is 5.12. The fraction of sp³-hybridized carbons (Fsp3) is 0.500. The molecule has 0 aliphatic carbocycles. The minimum Gasteiger partial charge on any atom is -0.384 e. The van der Waals surface area contributed by atoms with Crippen molar-refractivity contribution in [3.8, 4) is 11.8 Å². The molecule has 1 aromatic rings. The van der Waals surface area contributed by atoms with E-state index in [4.69, 9.17) is 9.84 Å². The maximum atomic E-state index is 8.60. The highest BCUT2D eigenvalue weighted by Gasteiger charge is 2.01. The summed E-state index contributed by atoms with van der Waals surface area (Å²) in [6.07, 6.45) is 2.25. The average Bonchev–Trinajstić information content (AvgIpc) is 2.69. The fourth-order valence-electron chi connectivity index (χ4n) is 1.11. The van der Waals surface area contributed by atoms with Gasteiger partial charge in [0.2, 0.25) is 0 Å². The molecular weight excluding hydrogens is 208 g/mol. The predicted octanol–water partition coefficient (Wildman–Crippen LogP) is 2.41. The van der Waals surface area contributed by atoms with Gasteiger partial charge in [-0.2, -0.15) is 0 Å². The Labute approximate surface area is 94.9 Å². The van der Waals surface area contributed by atoms with E-state index in [2.05, 4.69) is 18.8 Å². The van der Waals surface area contributed by atoms with Crippen molar-refractivity contribution < 1.29 is 9.84 Å². The Balaban J connectivity index is 2.43. The standard InChI is InChI=1S/C12H16O2S/c1-2-3-8-14-10-12-11(5-4-7-13)6-9-15-12/h6,9,13H,2-3,7-8,10H2,1H3. The molecule has 0 saturated heterocycles. The molecule has 0 fully saturated rings. The van der Waals surface area contributed by atoms with Gasteiger partial charge in [-0.05, 0) is 17.9 Å². The molecule has 1 aromatic heterocycles. The number of aliphatic hydroxyl groups is 1. The van der Waals surface area contributed by atoms with Crippen molar-refractivity contribution in [2.75, 3.05) is 13.2 Å². The van der Waals surface area contributed by atoms with E-state index in [1.54, 1.807) is 11.3 Å². The minimum atomic E-state index is -0.0913. The fourth-order valence-corrected chi connectivity index (χ4v) is 1.88. The second-order valence-corrected chi connectivity index (χ2v) is 4.12. The Morgan fingerprint density at radius 1 is 1.53 bits per heavy atom. The third-order valence-corrected chi connectivity index (χ3v) is 2.82. The van der Waals surface area contributed by atoms with Gasteiger partial charge < -0.3 is 9.84 Å². The first-order valence-corrected chi connectivity index (χ1v) is 6.00. The normalized spacial score (nSPS) is 9.73. The van der Waals surface area contributed by atoms with Crippen molar-refractivity contribution >= 4 is 11.3 Å². The molecule has 82 valence electrons. The Morgan fingerprint density at radius 3 is 3.13 bits per heavy atom. The summed E-state index contributed by atoms with van der Waals surface area (Å²) in [5.41, 5.74) is 0.977. The maximum Gasteiger partial charge on any atom is 0.104 e. The van der Waals surface area contributed by atoms with E-state index in [0.29, 0.717) is 6.61 Å². The van der Waals surface area contributed by atoms with Crippen LogP contribution in [-0.2, 0) is 11.3 Å². The summed E-state index contributed by atoms with van der Waals surface area (Å²) in [5, 5.41) is 10.6. The van der Waals surface area contributed by atoms with Crippen LogP contribution in [0.3, 0.4) is 0 Å². The van der Waals surface area contributed by atoms with Gasteiger partial charge in [0.25, 0.3) is 0 Å². The van der Waals surface area contributed by atoms with Crippen molar-refractivity contribution in [1.82, 2.24) is 0 Å². The van der Waals surface area contributed by atoms with Crippen LogP contribution in [0.4, 0.5) is 0 Å². The van der Waals surface area contributed by atoms with Gasteiger partial charge in [0.05, 0.1) is 6.61 Å². The molecule has 0 atom stereocenters. The molecule has 0 aliphatic heterocycles. The molecular formula is C12H16O2S.